The molecule has 0 aromatic carbocycles. The molecule has 0 saturated heterocycles. The number of thiophene rings is 1. The fourth-order valence-electron chi connectivity index (χ4n) is 1.49. The monoisotopic (exact) mass is 206 g/mol. The predicted molar refractivity (Wildman–Crippen MR) is 60.6 cm³/mol. The van der Waals surface area contributed by atoms with Crippen molar-refractivity contribution < 1.29 is 4.79 Å². The zero-order valence-corrected chi connectivity index (χ0v) is 9.36. The van der Waals surface area contributed by atoms with Crippen LogP contribution >= 0.6 is 11.3 Å². The number of carbonyl (C=O) groups excluding carboxylic acids is 1. The van der Waals surface area contributed by atoms with E-state index in [1.54, 1.807) is 17.4 Å². The number of allylic oxidation sites excluding steroid dienone is 1. The van der Waals surface area contributed by atoms with Crippen LogP contribution in [-0.4, -0.2) is 5.78 Å². The molecule has 2 rings (SSSR count). The van der Waals surface area contributed by atoms with Gasteiger partial charge in [-0.25, -0.2) is 0 Å². The molecule has 0 unspecified atom stereocenters. The lowest BCUT2D eigenvalue weighted by Gasteiger charge is -1.89. The Morgan fingerprint density at radius 2 is 2.21 bits per heavy atom. The minimum atomic E-state index is 0.299. The SMILES string of the molecule is Cc1cc(/C=C/C(=O)C2CC2)c(C)s1. The van der Waals surface area contributed by atoms with Crippen LogP contribution in [0.2, 0.25) is 0 Å². The summed E-state index contributed by atoms with van der Waals surface area (Å²) >= 11 is 1.78. The molecule has 1 nitrogen and oxygen atoms in total. The van der Waals surface area contributed by atoms with Crippen molar-refractivity contribution in [3.63, 3.8) is 0 Å². The maximum atomic E-state index is 11.4. The molecule has 1 heterocycles. The van der Waals surface area contributed by atoms with E-state index in [1.165, 1.54) is 15.3 Å². The third-order valence-corrected chi connectivity index (χ3v) is 3.47. The van der Waals surface area contributed by atoms with Crippen LogP contribution in [0.1, 0.15) is 28.2 Å². The van der Waals surface area contributed by atoms with E-state index in [4.69, 9.17) is 0 Å². The molecule has 0 N–H and O–H groups in total. The van der Waals surface area contributed by atoms with Crippen molar-refractivity contribution in [3.05, 3.63) is 27.5 Å². The molecule has 0 amide bonds. The van der Waals surface area contributed by atoms with Crippen LogP contribution in [-0.2, 0) is 4.79 Å². The van der Waals surface area contributed by atoms with Gasteiger partial charge in [-0.05, 0) is 44.4 Å². The van der Waals surface area contributed by atoms with E-state index < -0.39 is 0 Å². The van der Waals surface area contributed by atoms with Crippen LogP contribution in [0.15, 0.2) is 12.1 Å². The highest BCUT2D eigenvalue weighted by molar-refractivity contribution is 7.12. The number of carbonyl (C=O) groups is 1. The summed E-state index contributed by atoms with van der Waals surface area (Å²) in [5, 5.41) is 0. The average Bonchev–Trinajstić information content (AvgIpc) is 2.90. The van der Waals surface area contributed by atoms with Gasteiger partial charge in [0.05, 0.1) is 0 Å². The Labute approximate surface area is 88.5 Å². The molecule has 2 heteroatoms. The highest BCUT2D eigenvalue weighted by Crippen LogP contribution is 2.30. The topological polar surface area (TPSA) is 17.1 Å². The third kappa shape index (κ3) is 2.13. The van der Waals surface area contributed by atoms with Gasteiger partial charge >= 0.3 is 0 Å². The minimum absolute atomic E-state index is 0.299. The summed E-state index contributed by atoms with van der Waals surface area (Å²) in [6, 6.07) is 2.14. The van der Waals surface area contributed by atoms with E-state index >= 15 is 0 Å². The van der Waals surface area contributed by atoms with Gasteiger partial charge in [0.25, 0.3) is 0 Å². The summed E-state index contributed by atoms with van der Waals surface area (Å²) in [6.45, 7) is 4.19. The Balaban J connectivity index is 2.08. The second-order valence-electron chi connectivity index (χ2n) is 3.88. The van der Waals surface area contributed by atoms with Gasteiger partial charge in [0.1, 0.15) is 0 Å². The molecule has 1 saturated carbocycles. The van der Waals surface area contributed by atoms with Gasteiger partial charge in [0.2, 0.25) is 0 Å². The Morgan fingerprint density at radius 1 is 1.50 bits per heavy atom. The fourth-order valence-corrected chi connectivity index (χ4v) is 2.41. The molecule has 1 aromatic heterocycles. The number of hydrogen-bond donors (Lipinski definition) is 0. The van der Waals surface area contributed by atoms with Gasteiger partial charge in [-0.2, -0.15) is 0 Å². The Hall–Kier alpha value is -0.890. The lowest BCUT2D eigenvalue weighted by molar-refractivity contribution is -0.115. The van der Waals surface area contributed by atoms with Crippen LogP contribution < -0.4 is 0 Å². The fraction of sp³-hybridized carbons (Fsp3) is 0.417. The summed E-state index contributed by atoms with van der Waals surface area (Å²) in [5.74, 6) is 0.638. The molecule has 14 heavy (non-hydrogen) atoms. The van der Waals surface area contributed by atoms with Gasteiger partial charge in [-0.3, -0.25) is 4.79 Å². The first-order chi connectivity index (χ1) is 6.66. The van der Waals surface area contributed by atoms with Crippen molar-refractivity contribution in [2.24, 2.45) is 5.92 Å². The zero-order chi connectivity index (χ0) is 10.1. The number of hydrogen-bond acceptors (Lipinski definition) is 2. The lowest BCUT2D eigenvalue weighted by Crippen LogP contribution is -1.93. The molecular weight excluding hydrogens is 192 g/mol. The van der Waals surface area contributed by atoms with Gasteiger partial charge in [-0.1, -0.05) is 6.08 Å². The standard InChI is InChI=1S/C12H14OS/c1-8-7-11(9(2)14-8)5-6-12(13)10-3-4-10/h5-7,10H,3-4H2,1-2H3/b6-5+. The van der Waals surface area contributed by atoms with Crippen LogP contribution in [0.25, 0.3) is 6.08 Å². The van der Waals surface area contributed by atoms with E-state index in [1.807, 2.05) is 6.08 Å². The van der Waals surface area contributed by atoms with E-state index in [9.17, 15) is 4.79 Å². The molecular formula is C12H14OS. The van der Waals surface area contributed by atoms with Crippen LogP contribution in [0.4, 0.5) is 0 Å². The van der Waals surface area contributed by atoms with Crippen molar-refractivity contribution in [2.75, 3.05) is 0 Å². The molecule has 1 fully saturated rings. The zero-order valence-electron chi connectivity index (χ0n) is 8.54. The Kier molecular flexibility index (Phi) is 2.55. The minimum Gasteiger partial charge on any atom is -0.295 e. The molecule has 0 bridgehead atoms. The first-order valence-electron chi connectivity index (χ1n) is 4.96. The Bertz CT molecular complexity index is 383. The van der Waals surface area contributed by atoms with Crippen LogP contribution in [0.5, 0.6) is 0 Å². The van der Waals surface area contributed by atoms with Crippen molar-refractivity contribution in [3.8, 4) is 0 Å². The summed E-state index contributed by atoms with van der Waals surface area (Å²) in [6.07, 6.45) is 5.88. The number of aryl methyl sites for hydroxylation is 2. The van der Waals surface area contributed by atoms with Crippen molar-refractivity contribution in [2.45, 2.75) is 26.7 Å². The first kappa shape index (κ1) is 9.66. The smallest absolute Gasteiger partial charge is 0.158 e. The van der Waals surface area contributed by atoms with Crippen LogP contribution in [0, 0.1) is 19.8 Å². The summed E-state index contributed by atoms with van der Waals surface area (Å²) in [5.41, 5.74) is 1.20. The third-order valence-electron chi connectivity index (χ3n) is 2.49. The molecule has 74 valence electrons. The normalized spacial score (nSPS) is 16.4. The summed E-state index contributed by atoms with van der Waals surface area (Å²) in [4.78, 5) is 14.0. The Morgan fingerprint density at radius 3 is 2.71 bits per heavy atom. The molecule has 1 aliphatic carbocycles. The number of rotatable bonds is 3. The summed E-state index contributed by atoms with van der Waals surface area (Å²) in [7, 11) is 0. The van der Waals surface area contributed by atoms with Crippen LogP contribution in [0.3, 0.4) is 0 Å². The highest BCUT2D eigenvalue weighted by atomic mass is 32.1. The molecule has 1 aliphatic rings. The predicted octanol–water partition coefficient (Wildman–Crippen LogP) is 3.36. The molecule has 0 radical (unpaired) electrons. The quantitative estimate of drug-likeness (QED) is 0.693. The van der Waals surface area contributed by atoms with Gasteiger partial charge < -0.3 is 0 Å². The molecule has 0 aliphatic heterocycles. The van der Waals surface area contributed by atoms with Crippen molar-refractivity contribution in [1.82, 2.24) is 0 Å². The first-order valence-corrected chi connectivity index (χ1v) is 5.77. The van der Waals surface area contributed by atoms with E-state index in [0.717, 1.165) is 12.8 Å². The van der Waals surface area contributed by atoms with Gasteiger partial charge in [-0.15, -0.1) is 11.3 Å². The van der Waals surface area contributed by atoms with Gasteiger partial charge in [0.15, 0.2) is 5.78 Å². The van der Waals surface area contributed by atoms with E-state index in [-0.39, 0.29) is 0 Å². The average molecular weight is 206 g/mol. The second kappa shape index (κ2) is 3.70. The van der Waals surface area contributed by atoms with E-state index in [2.05, 4.69) is 19.9 Å². The maximum absolute atomic E-state index is 11.4. The van der Waals surface area contributed by atoms with Crippen molar-refractivity contribution >= 4 is 23.2 Å². The summed E-state index contributed by atoms with van der Waals surface area (Å²) < 4.78 is 0. The molecule has 0 atom stereocenters. The lowest BCUT2D eigenvalue weighted by atomic mass is 10.2. The van der Waals surface area contributed by atoms with Gasteiger partial charge in [0, 0.05) is 15.7 Å². The maximum Gasteiger partial charge on any atom is 0.158 e. The highest BCUT2D eigenvalue weighted by Gasteiger charge is 2.27. The second-order valence-corrected chi connectivity index (χ2v) is 5.34. The van der Waals surface area contributed by atoms with E-state index in [0.29, 0.717) is 11.7 Å². The molecule has 0 spiro atoms. The molecule has 1 aromatic rings. The van der Waals surface area contributed by atoms with Crippen molar-refractivity contribution in [1.29, 1.82) is 0 Å². The number of ketones is 1. The largest absolute Gasteiger partial charge is 0.295 e.